The Morgan fingerprint density at radius 1 is 1.13 bits per heavy atom. The number of anilines is 1. The normalized spacial score (nSPS) is 15.7. The van der Waals surface area contributed by atoms with E-state index in [0.29, 0.717) is 28.0 Å². The number of amides is 1. The molecule has 0 spiro atoms. The van der Waals surface area contributed by atoms with Gasteiger partial charge in [0.1, 0.15) is 5.00 Å². The van der Waals surface area contributed by atoms with Gasteiger partial charge in [-0.15, -0.1) is 11.3 Å². The fourth-order valence-electron chi connectivity index (χ4n) is 4.08. The van der Waals surface area contributed by atoms with E-state index in [0.717, 1.165) is 30.4 Å². The molecule has 0 aliphatic heterocycles. The lowest BCUT2D eigenvalue weighted by molar-refractivity contribution is -0.115. The summed E-state index contributed by atoms with van der Waals surface area (Å²) in [7, 11) is 4.51. The van der Waals surface area contributed by atoms with E-state index in [1.165, 1.54) is 23.3 Å². The molecule has 1 aromatic heterocycles. The van der Waals surface area contributed by atoms with Gasteiger partial charge in [0.05, 0.1) is 33.3 Å². The number of ether oxygens (including phenoxy) is 3. The molecule has 2 aromatic rings. The smallest absolute Gasteiger partial charge is 0.341 e. The maximum atomic E-state index is 12.8. The van der Waals surface area contributed by atoms with Crippen molar-refractivity contribution in [1.29, 1.82) is 0 Å². The van der Waals surface area contributed by atoms with Crippen molar-refractivity contribution in [2.24, 2.45) is 11.3 Å². The summed E-state index contributed by atoms with van der Waals surface area (Å²) in [4.78, 5) is 26.5. The van der Waals surface area contributed by atoms with Gasteiger partial charge in [-0.05, 0) is 53.9 Å². The summed E-state index contributed by atoms with van der Waals surface area (Å²) in [6.45, 7) is 6.76. The summed E-state index contributed by atoms with van der Waals surface area (Å²) in [5.74, 6) is 1.14. The molecule has 0 fully saturated rings. The highest BCUT2D eigenvalue weighted by Gasteiger charge is 2.34. The number of carbonyl (C=O) groups excluding carboxylic acids is 2. The van der Waals surface area contributed by atoms with Crippen LogP contribution in [0.3, 0.4) is 0 Å². The van der Waals surface area contributed by atoms with E-state index in [1.54, 1.807) is 26.4 Å². The lowest BCUT2D eigenvalue weighted by Gasteiger charge is -2.33. The molecule has 1 aromatic carbocycles. The number of hydrogen-bond acceptors (Lipinski definition) is 6. The van der Waals surface area contributed by atoms with Crippen LogP contribution in [-0.2, 0) is 28.8 Å². The fourth-order valence-corrected chi connectivity index (χ4v) is 5.41. The summed E-state index contributed by atoms with van der Waals surface area (Å²) in [5.41, 5.74) is 2.53. The van der Waals surface area contributed by atoms with Crippen LogP contribution < -0.4 is 14.8 Å². The third-order valence-electron chi connectivity index (χ3n) is 5.95. The van der Waals surface area contributed by atoms with Gasteiger partial charge in [-0.3, -0.25) is 4.79 Å². The van der Waals surface area contributed by atoms with Crippen molar-refractivity contribution in [3.05, 3.63) is 39.8 Å². The van der Waals surface area contributed by atoms with Gasteiger partial charge in [-0.25, -0.2) is 4.79 Å². The molecule has 31 heavy (non-hydrogen) atoms. The lowest BCUT2D eigenvalue weighted by Crippen LogP contribution is -2.26. The summed E-state index contributed by atoms with van der Waals surface area (Å²) >= 11 is 1.50. The van der Waals surface area contributed by atoms with Crippen LogP contribution in [0.4, 0.5) is 5.00 Å². The molecule has 0 saturated heterocycles. The summed E-state index contributed by atoms with van der Waals surface area (Å²) < 4.78 is 15.6. The number of hydrogen-bond donors (Lipinski definition) is 1. The third kappa shape index (κ3) is 5.03. The SMILES string of the molecule is COC(=O)c1c(NC(=O)Cc2ccc(OC)c(OC)c2)sc2c1CCC(C(C)(C)C)C2. The van der Waals surface area contributed by atoms with Gasteiger partial charge in [0, 0.05) is 4.88 Å². The molecule has 1 atom stereocenters. The predicted molar refractivity (Wildman–Crippen MR) is 123 cm³/mol. The Bertz CT molecular complexity index is 973. The average molecular weight is 446 g/mol. The zero-order chi connectivity index (χ0) is 22.8. The molecule has 1 heterocycles. The Hall–Kier alpha value is -2.54. The first-order valence-electron chi connectivity index (χ1n) is 10.4. The zero-order valence-corrected chi connectivity index (χ0v) is 19.9. The van der Waals surface area contributed by atoms with Crippen LogP contribution in [0.1, 0.15) is 53.6 Å². The second-order valence-corrected chi connectivity index (χ2v) is 10.0. The Labute approximate surface area is 187 Å². The summed E-state index contributed by atoms with van der Waals surface area (Å²) in [5, 5.41) is 3.54. The van der Waals surface area contributed by atoms with Crippen LogP contribution in [0.15, 0.2) is 18.2 Å². The summed E-state index contributed by atoms with van der Waals surface area (Å²) in [6, 6.07) is 5.39. The molecule has 3 rings (SSSR count). The molecule has 0 radical (unpaired) electrons. The lowest BCUT2D eigenvalue weighted by atomic mass is 9.72. The second kappa shape index (κ2) is 9.30. The minimum absolute atomic E-state index is 0.161. The highest BCUT2D eigenvalue weighted by molar-refractivity contribution is 7.17. The standard InChI is InChI=1S/C24H31NO5S/c1-24(2,3)15-8-9-16-19(13-15)31-22(21(16)23(27)30-6)25-20(26)12-14-7-10-17(28-4)18(11-14)29-5/h7,10-11,15H,8-9,12-13H2,1-6H3,(H,25,26). The van der Waals surface area contributed by atoms with Gasteiger partial charge >= 0.3 is 5.97 Å². The molecular weight excluding hydrogens is 414 g/mol. The van der Waals surface area contributed by atoms with E-state index in [9.17, 15) is 9.59 Å². The van der Waals surface area contributed by atoms with Crippen LogP contribution in [0.5, 0.6) is 11.5 Å². The van der Waals surface area contributed by atoms with Crippen LogP contribution >= 0.6 is 11.3 Å². The molecule has 1 aliphatic rings. The molecule has 1 amide bonds. The monoisotopic (exact) mass is 445 g/mol. The molecule has 168 valence electrons. The number of carbonyl (C=O) groups is 2. The number of thiophene rings is 1. The maximum Gasteiger partial charge on any atom is 0.341 e. The van der Waals surface area contributed by atoms with Gasteiger partial charge in [0.15, 0.2) is 11.5 Å². The molecule has 7 heteroatoms. The Morgan fingerprint density at radius 2 is 1.84 bits per heavy atom. The zero-order valence-electron chi connectivity index (χ0n) is 19.1. The molecule has 1 aliphatic carbocycles. The van der Waals surface area contributed by atoms with Gasteiger partial charge in [0.2, 0.25) is 5.91 Å². The molecule has 0 bridgehead atoms. The first-order valence-corrected chi connectivity index (χ1v) is 11.2. The molecule has 6 nitrogen and oxygen atoms in total. The first-order chi connectivity index (χ1) is 14.7. The average Bonchev–Trinajstić information content (AvgIpc) is 3.09. The maximum absolute atomic E-state index is 12.8. The van der Waals surface area contributed by atoms with Crippen molar-refractivity contribution in [2.75, 3.05) is 26.6 Å². The van der Waals surface area contributed by atoms with Gasteiger partial charge in [-0.1, -0.05) is 26.8 Å². The van der Waals surface area contributed by atoms with Crippen molar-refractivity contribution in [1.82, 2.24) is 0 Å². The highest BCUT2D eigenvalue weighted by Crippen LogP contribution is 2.44. The molecular formula is C24H31NO5S. The van der Waals surface area contributed by atoms with Crippen LogP contribution in [0, 0.1) is 11.3 Å². The van der Waals surface area contributed by atoms with Crippen LogP contribution in [0.25, 0.3) is 0 Å². The number of methoxy groups -OCH3 is 3. The van der Waals surface area contributed by atoms with E-state index in [2.05, 4.69) is 26.1 Å². The topological polar surface area (TPSA) is 73.9 Å². The van der Waals surface area contributed by atoms with E-state index in [1.807, 2.05) is 6.07 Å². The first kappa shape index (κ1) is 23.1. The van der Waals surface area contributed by atoms with Crippen molar-refractivity contribution in [2.45, 2.75) is 46.5 Å². The second-order valence-electron chi connectivity index (χ2n) is 8.92. The van der Waals surface area contributed by atoms with Gasteiger partial charge < -0.3 is 19.5 Å². The van der Waals surface area contributed by atoms with E-state index in [4.69, 9.17) is 14.2 Å². The van der Waals surface area contributed by atoms with E-state index >= 15 is 0 Å². The van der Waals surface area contributed by atoms with E-state index < -0.39 is 5.97 Å². The van der Waals surface area contributed by atoms with E-state index in [-0.39, 0.29) is 17.7 Å². The molecule has 1 unspecified atom stereocenters. The Morgan fingerprint density at radius 3 is 2.45 bits per heavy atom. The Balaban J connectivity index is 1.83. The summed E-state index contributed by atoms with van der Waals surface area (Å²) in [6.07, 6.45) is 2.92. The minimum atomic E-state index is -0.395. The number of esters is 1. The van der Waals surface area contributed by atoms with Gasteiger partial charge in [-0.2, -0.15) is 0 Å². The largest absolute Gasteiger partial charge is 0.493 e. The minimum Gasteiger partial charge on any atom is -0.493 e. The third-order valence-corrected chi connectivity index (χ3v) is 7.11. The Kier molecular flexibility index (Phi) is 6.94. The van der Waals surface area contributed by atoms with Crippen molar-refractivity contribution < 1.29 is 23.8 Å². The number of nitrogens with one attached hydrogen (secondary N) is 1. The van der Waals surface area contributed by atoms with Crippen molar-refractivity contribution in [3.8, 4) is 11.5 Å². The predicted octanol–water partition coefficient (Wildman–Crippen LogP) is 4.88. The van der Waals surface area contributed by atoms with Gasteiger partial charge in [0.25, 0.3) is 0 Å². The number of rotatable bonds is 6. The highest BCUT2D eigenvalue weighted by atomic mass is 32.1. The fraction of sp³-hybridized carbons (Fsp3) is 0.500. The molecule has 0 saturated carbocycles. The van der Waals surface area contributed by atoms with Crippen LogP contribution in [-0.4, -0.2) is 33.2 Å². The number of benzene rings is 1. The van der Waals surface area contributed by atoms with Crippen molar-refractivity contribution in [3.63, 3.8) is 0 Å². The molecule has 1 N–H and O–H groups in total. The van der Waals surface area contributed by atoms with Crippen molar-refractivity contribution >= 4 is 28.2 Å². The number of fused-ring (bicyclic) bond motifs is 1. The quantitative estimate of drug-likeness (QED) is 0.641. The van der Waals surface area contributed by atoms with Crippen LogP contribution in [0.2, 0.25) is 0 Å².